The molecule has 1 aromatic rings. The zero-order valence-corrected chi connectivity index (χ0v) is 10.9. The van der Waals surface area contributed by atoms with Gasteiger partial charge in [0.2, 0.25) is 0 Å². The summed E-state index contributed by atoms with van der Waals surface area (Å²) in [5.41, 5.74) is 5.46. The van der Waals surface area contributed by atoms with Gasteiger partial charge in [0, 0.05) is 5.54 Å². The van der Waals surface area contributed by atoms with Gasteiger partial charge in [-0.25, -0.2) is 0 Å². The average Bonchev–Trinajstić information content (AvgIpc) is 2.38. The standard InChI is InChI=1S/C14H18F3NO/c1-19-12-8-10(7-11(9-12)14(15,16)17)13(18)5-3-2-4-6-13/h7-9H,2-6,18H2,1H3. The van der Waals surface area contributed by atoms with Crippen molar-refractivity contribution in [2.45, 2.75) is 43.8 Å². The van der Waals surface area contributed by atoms with E-state index in [0.717, 1.165) is 44.2 Å². The van der Waals surface area contributed by atoms with Gasteiger partial charge in [0.15, 0.2) is 0 Å². The lowest BCUT2D eigenvalue weighted by atomic mass is 9.77. The number of benzene rings is 1. The molecular formula is C14H18F3NO. The van der Waals surface area contributed by atoms with Crippen molar-refractivity contribution in [3.63, 3.8) is 0 Å². The van der Waals surface area contributed by atoms with Crippen LogP contribution in [0.1, 0.15) is 43.2 Å². The number of rotatable bonds is 2. The third-order valence-corrected chi connectivity index (χ3v) is 3.79. The van der Waals surface area contributed by atoms with E-state index in [9.17, 15) is 13.2 Å². The molecular weight excluding hydrogens is 255 g/mol. The van der Waals surface area contributed by atoms with Gasteiger partial charge in [0.05, 0.1) is 12.7 Å². The van der Waals surface area contributed by atoms with Crippen LogP contribution in [0, 0.1) is 0 Å². The van der Waals surface area contributed by atoms with E-state index in [1.54, 1.807) is 6.07 Å². The third-order valence-electron chi connectivity index (χ3n) is 3.79. The van der Waals surface area contributed by atoms with Crippen molar-refractivity contribution >= 4 is 0 Å². The Morgan fingerprint density at radius 3 is 2.26 bits per heavy atom. The number of methoxy groups -OCH3 is 1. The molecule has 0 bridgehead atoms. The molecule has 0 spiro atoms. The number of alkyl halides is 3. The predicted octanol–water partition coefficient (Wildman–Crippen LogP) is 3.83. The Hall–Kier alpha value is -1.23. The van der Waals surface area contributed by atoms with E-state index in [1.165, 1.54) is 7.11 Å². The van der Waals surface area contributed by atoms with E-state index >= 15 is 0 Å². The summed E-state index contributed by atoms with van der Waals surface area (Å²) in [6.45, 7) is 0. The fourth-order valence-electron chi connectivity index (χ4n) is 2.64. The van der Waals surface area contributed by atoms with E-state index in [4.69, 9.17) is 10.5 Å². The molecule has 2 N–H and O–H groups in total. The number of hydrogen-bond acceptors (Lipinski definition) is 2. The van der Waals surface area contributed by atoms with Gasteiger partial charge in [-0.15, -0.1) is 0 Å². The molecule has 1 fully saturated rings. The van der Waals surface area contributed by atoms with Gasteiger partial charge < -0.3 is 10.5 Å². The van der Waals surface area contributed by atoms with Crippen LogP contribution < -0.4 is 10.5 Å². The summed E-state index contributed by atoms with van der Waals surface area (Å²) < 4.78 is 43.6. The van der Waals surface area contributed by atoms with Crippen LogP contribution in [-0.2, 0) is 11.7 Å². The van der Waals surface area contributed by atoms with Crippen molar-refractivity contribution in [2.75, 3.05) is 7.11 Å². The molecule has 1 saturated carbocycles. The minimum atomic E-state index is -4.38. The van der Waals surface area contributed by atoms with Crippen LogP contribution in [-0.4, -0.2) is 7.11 Å². The number of hydrogen-bond donors (Lipinski definition) is 1. The largest absolute Gasteiger partial charge is 0.497 e. The summed E-state index contributed by atoms with van der Waals surface area (Å²) in [7, 11) is 1.36. The first-order chi connectivity index (χ1) is 8.85. The summed E-state index contributed by atoms with van der Waals surface area (Å²) >= 11 is 0. The molecule has 1 aliphatic carbocycles. The van der Waals surface area contributed by atoms with Crippen molar-refractivity contribution in [3.8, 4) is 5.75 Å². The van der Waals surface area contributed by atoms with Gasteiger partial charge in [-0.2, -0.15) is 13.2 Å². The molecule has 0 aliphatic heterocycles. The van der Waals surface area contributed by atoms with Gasteiger partial charge in [0.1, 0.15) is 5.75 Å². The van der Waals surface area contributed by atoms with Crippen LogP contribution in [0.15, 0.2) is 18.2 Å². The van der Waals surface area contributed by atoms with E-state index in [2.05, 4.69) is 0 Å². The van der Waals surface area contributed by atoms with Crippen LogP contribution in [0.2, 0.25) is 0 Å². The first-order valence-corrected chi connectivity index (χ1v) is 6.41. The maximum atomic E-state index is 12.9. The minimum Gasteiger partial charge on any atom is -0.497 e. The van der Waals surface area contributed by atoms with Gasteiger partial charge >= 0.3 is 6.18 Å². The van der Waals surface area contributed by atoms with Crippen LogP contribution in [0.4, 0.5) is 13.2 Å². The summed E-state index contributed by atoms with van der Waals surface area (Å²) in [5.74, 6) is 0.209. The smallest absolute Gasteiger partial charge is 0.416 e. The molecule has 2 rings (SSSR count). The highest BCUT2D eigenvalue weighted by Crippen LogP contribution is 2.39. The maximum absolute atomic E-state index is 12.9. The monoisotopic (exact) mass is 273 g/mol. The molecule has 0 unspecified atom stereocenters. The molecule has 0 radical (unpaired) electrons. The first kappa shape index (κ1) is 14.2. The average molecular weight is 273 g/mol. The second-order valence-electron chi connectivity index (χ2n) is 5.16. The highest BCUT2D eigenvalue weighted by Gasteiger charge is 2.35. The fraction of sp³-hybridized carbons (Fsp3) is 0.571. The zero-order valence-electron chi connectivity index (χ0n) is 10.9. The molecule has 19 heavy (non-hydrogen) atoms. The number of nitrogens with two attached hydrogens (primary N) is 1. The lowest BCUT2D eigenvalue weighted by molar-refractivity contribution is -0.137. The summed E-state index contributed by atoms with van der Waals surface area (Å²) in [6, 6.07) is 3.80. The topological polar surface area (TPSA) is 35.2 Å². The minimum absolute atomic E-state index is 0.209. The lowest BCUT2D eigenvalue weighted by Gasteiger charge is -2.34. The summed E-state index contributed by atoms with van der Waals surface area (Å²) in [6.07, 6.45) is 0.0580. The zero-order chi connectivity index (χ0) is 14.1. The Morgan fingerprint density at radius 1 is 1.11 bits per heavy atom. The number of ether oxygens (including phenoxy) is 1. The highest BCUT2D eigenvalue weighted by atomic mass is 19.4. The quantitative estimate of drug-likeness (QED) is 0.888. The van der Waals surface area contributed by atoms with Crippen molar-refractivity contribution in [1.29, 1.82) is 0 Å². The molecule has 2 nitrogen and oxygen atoms in total. The highest BCUT2D eigenvalue weighted by molar-refractivity contribution is 5.39. The van der Waals surface area contributed by atoms with E-state index < -0.39 is 17.3 Å². The molecule has 0 atom stereocenters. The Labute approximate surface area is 110 Å². The molecule has 1 aromatic carbocycles. The van der Waals surface area contributed by atoms with Crippen molar-refractivity contribution in [1.82, 2.24) is 0 Å². The Bertz CT molecular complexity index is 450. The SMILES string of the molecule is COc1cc(C(F)(F)F)cc(C2(N)CCCCC2)c1. The molecule has 0 amide bonds. The second-order valence-corrected chi connectivity index (χ2v) is 5.16. The Morgan fingerprint density at radius 2 is 1.74 bits per heavy atom. The maximum Gasteiger partial charge on any atom is 0.416 e. The van der Waals surface area contributed by atoms with E-state index in [-0.39, 0.29) is 5.75 Å². The van der Waals surface area contributed by atoms with Crippen LogP contribution >= 0.6 is 0 Å². The second kappa shape index (κ2) is 5.04. The van der Waals surface area contributed by atoms with Crippen molar-refractivity contribution in [2.24, 2.45) is 5.73 Å². The van der Waals surface area contributed by atoms with Crippen LogP contribution in [0.3, 0.4) is 0 Å². The molecule has 5 heteroatoms. The number of halogens is 3. The fourth-order valence-corrected chi connectivity index (χ4v) is 2.64. The molecule has 106 valence electrons. The van der Waals surface area contributed by atoms with E-state index in [0.29, 0.717) is 5.56 Å². The third kappa shape index (κ3) is 3.03. The molecule has 0 saturated heterocycles. The van der Waals surface area contributed by atoms with Gasteiger partial charge in [-0.3, -0.25) is 0 Å². The molecule has 0 heterocycles. The van der Waals surface area contributed by atoms with Crippen molar-refractivity contribution < 1.29 is 17.9 Å². The Kier molecular flexibility index (Phi) is 3.76. The lowest BCUT2D eigenvalue weighted by Crippen LogP contribution is -2.38. The Balaban J connectivity index is 2.44. The van der Waals surface area contributed by atoms with Gasteiger partial charge in [-0.05, 0) is 36.6 Å². The van der Waals surface area contributed by atoms with Crippen LogP contribution in [0.25, 0.3) is 0 Å². The normalized spacial score (nSPS) is 19.2. The summed E-state index contributed by atoms with van der Waals surface area (Å²) in [4.78, 5) is 0. The van der Waals surface area contributed by atoms with Crippen LogP contribution in [0.5, 0.6) is 5.75 Å². The summed E-state index contributed by atoms with van der Waals surface area (Å²) in [5, 5.41) is 0. The predicted molar refractivity (Wildman–Crippen MR) is 66.9 cm³/mol. The van der Waals surface area contributed by atoms with Gasteiger partial charge in [-0.1, -0.05) is 19.3 Å². The molecule has 1 aliphatic rings. The van der Waals surface area contributed by atoms with Crippen molar-refractivity contribution in [3.05, 3.63) is 29.3 Å². The van der Waals surface area contributed by atoms with Gasteiger partial charge in [0.25, 0.3) is 0 Å². The first-order valence-electron chi connectivity index (χ1n) is 6.41. The van der Waals surface area contributed by atoms with E-state index in [1.807, 2.05) is 0 Å². The molecule has 0 aromatic heterocycles.